The highest BCUT2D eigenvalue weighted by molar-refractivity contribution is 7.99. The molecule has 1 aliphatic rings. The molecule has 1 aromatic heterocycles. The normalized spacial score (nSPS) is 12.8. The van der Waals surface area contributed by atoms with Crippen molar-refractivity contribution in [3.8, 4) is 34.5 Å². The van der Waals surface area contributed by atoms with E-state index in [1.54, 1.807) is 46.6 Å². The minimum absolute atomic E-state index is 0.00205. The van der Waals surface area contributed by atoms with Crippen LogP contribution in [0.5, 0.6) is 23.0 Å². The van der Waals surface area contributed by atoms with Crippen molar-refractivity contribution >= 4 is 17.7 Å². The van der Waals surface area contributed by atoms with Gasteiger partial charge in [0, 0.05) is 19.2 Å². The van der Waals surface area contributed by atoms with Gasteiger partial charge in [0.25, 0.3) is 11.1 Å². The summed E-state index contributed by atoms with van der Waals surface area (Å²) in [4.78, 5) is 14.7. The second-order valence-electron chi connectivity index (χ2n) is 7.27. The summed E-state index contributed by atoms with van der Waals surface area (Å²) in [7, 11) is 6.37. The Balaban J connectivity index is 1.40. The van der Waals surface area contributed by atoms with Gasteiger partial charge in [0.2, 0.25) is 5.91 Å². The van der Waals surface area contributed by atoms with Crippen LogP contribution < -0.4 is 18.9 Å². The van der Waals surface area contributed by atoms with E-state index in [4.69, 9.17) is 23.4 Å². The lowest BCUT2D eigenvalue weighted by Crippen LogP contribution is -2.37. The van der Waals surface area contributed by atoms with Gasteiger partial charge < -0.3 is 28.3 Å². The highest BCUT2D eigenvalue weighted by Crippen LogP contribution is 2.35. The fourth-order valence-electron chi connectivity index (χ4n) is 3.66. The lowest BCUT2D eigenvalue weighted by Gasteiger charge is -2.29. The lowest BCUT2D eigenvalue weighted by atomic mass is 9.99. The van der Waals surface area contributed by atoms with Crippen LogP contribution in [0.15, 0.2) is 40.0 Å². The largest absolute Gasteiger partial charge is 0.497 e. The Morgan fingerprint density at radius 1 is 0.970 bits per heavy atom. The third-order valence-electron chi connectivity index (χ3n) is 5.44. The van der Waals surface area contributed by atoms with E-state index in [1.165, 1.54) is 17.3 Å². The number of methoxy groups -OCH3 is 4. The van der Waals surface area contributed by atoms with Gasteiger partial charge in [0.05, 0.1) is 39.8 Å². The van der Waals surface area contributed by atoms with E-state index in [2.05, 4.69) is 10.2 Å². The first kappa shape index (κ1) is 22.8. The van der Waals surface area contributed by atoms with Crippen molar-refractivity contribution in [2.75, 3.05) is 40.7 Å². The molecule has 2 heterocycles. The van der Waals surface area contributed by atoms with Crippen LogP contribution in [0.1, 0.15) is 11.1 Å². The van der Waals surface area contributed by atoms with Crippen LogP contribution >= 0.6 is 11.8 Å². The smallest absolute Gasteiger partial charge is 0.277 e. The number of benzene rings is 2. The summed E-state index contributed by atoms with van der Waals surface area (Å²) in [6.07, 6.45) is 0.758. The van der Waals surface area contributed by atoms with Crippen molar-refractivity contribution in [2.45, 2.75) is 18.2 Å². The van der Waals surface area contributed by atoms with Crippen LogP contribution in [0.25, 0.3) is 11.5 Å². The Kier molecular flexibility index (Phi) is 6.93. The number of fused-ring (bicyclic) bond motifs is 1. The monoisotopic (exact) mass is 471 g/mol. The molecule has 0 saturated heterocycles. The molecular formula is C23H25N3O6S. The summed E-state index contributed by atoms with van der Waals surface area (Å²) < 4.78 is 27.1. The Morgan fingerprint density at radius 2 is 1.70 bits per heavy atom. The summed E-state index contributed by atoms with van der Waals surface area (Å²) in [6, 6.07) is 9.25. The average molecular weight is 472 g/mol. The highest BCUT2D eigenvalue weighted by Gasteiger charge is 2.24. The molecule has 0 radical (unpaired) electrons. The molecule has 0 unspecified atom stereocenters. The van der Waals surface area contributed by atoms with E-state index in [0.717, 1.165) is 12.0 Å². The molecule has 0 bridgehead atoms. The number of rotatable bonds is 8. The van der Waals surface area contributed by atoms with Crippen molar-refractivity contribution in [2.24, 2.45) is 0 Å². The quantitative estimate of drug-likeness (QED) is 0.458. The van der Waals surface area contributed by atoms with E-state index in [0.29, 0.717) is 52.8 Å². The van der Waals surface area contributed by atoms with E-state index in [1.807, 2.05) is 17.0 Å². The van der Waals surface area contributed by atoms with Gasteiger partial charge in [-0.1, -0.05) is 11.8 Å². The number of nitrogens with zero attached hydrogens (tertiary/aromatic N) is 3. The number of carbonyl (C=O) groups excluding carboxylic acids is 1. The number of ether oxygens (including phenoxy) is 4. The maximum absolute atomic E-state index is 12.8. The molecule has 10 heteroatoms. The SMILES string of the molecule is COc1ccc(-c2nnc(SCC(=O)N3CCc4cc(OC)c(OC)cc4C3)o2)c(OC)c1. The van der Waals surface area contributed by atoms with E-state index < -0.39 is 0 Å². The summed E-state index contributed by atoms with van der Waals surface area (Å²) >= 11 is 1.21. The topological polar surface area (TPSA) is 96.2 Å². The molecule has 0 atom stereocenters. The van der Waals surface area contributed by atoms with Gasteiger partial charge in [-0.15, -0.1) is 10.2 Å². The summed E-state index contributed by atoms with van der Waals surface area (Å²) in [5.41, 5.74) is 2.88. The van der Waals surface area contributed by atoms with Gasteiger partial charge in [-0.05, 0) is 41.8 Å². The molecule has 0 N–H and O–H groups in total. The van der Waals surface area contributed by atoms with Crippen molar-refractivity contribution in [3.05, 3.63) is 41.5 Å². The molecular weight excluding hydrogens is 446 g/mol. The van der Waals surface area contributed by atoms with Gasteiger partial charge in [-0.3, -0.25) is 4.79 Å². The Bertz CT molecular complexity index is 1150. The molecule has 0 spiro atoms. The van der Waals surface area contributed by atoms with Crippen LogP contribution in [-0.4, -0.2) is 61.7 Å². The van der Waals surface area contributed by atoms with Crippen molar-refractivity contribution in [1.82, 2.24) is 15.1 Å². The van der Waals surface area contributed by atoms with Gasteiger partial charge in [0.1, 0.15) is 11.5 Å². The first-order valence-electron chi connectivity index (χ1n) is 10.3. The predicted octanol–water partition coefficient (Wildman–Crippen LogP) is 3.45. The van der Waals surface area contributed by atoms with Crippen LogP contribution in [-0.2, 0) is 17.8 Å². The van der Waals surface area contributed by atoms with Crippen LogP contribution in [0.2, 0.25) is 0 Å². The molecule has 0 aliphatic carbocycles. The first-order valence-corrected chi connectivity index (χ1v) is 11.2. The van der Waals surface area contributed by atoms with Gasteiger partial charge >= 0.3 is 0 Å². The number of amides is 1. The minimum Gasteiger partial charge on any atom is -0.497 e. The van der Waals surface area contributed by atoms with Crippen LogP contribution in [0.4, 0.5) is 0 Å². The lowest BCUT2D eigenvalue weighted by molar-refractivity contribution is -0.129. The Labute approximate surface area is 196 Å². The molecule has 174 valence electrons. The van der Waals surface area contributed by atoms with E-state index >= 15 is 0 Å². The average Bonchev–Trinajstić information content (AvgIpc) is 3.34. The van der Waals surface area contributed by atoms with Crippen molar-refractivity contribution < 1.29 is 28.2 Å². The van der Waals surface area contributed by atoms with Crippen molar-refractivity contribution in [1.29, 1.82) is 0 Å². The first-order chi connectivity index (χ1) is 16.1. The van der Waals surface area contributed by atoms with Gasteiger partial charge in [-0.2, -0.15) is 0 Å². The zero-order valence-corrected chi connectivity index (χ0v) is 19.7. The molecule has 0 fully saturated rings. The van der Waals surface area contributed by atoms with Crippen molar-refractivity contribution in [3.63, 3.8) is 0 Å². The second kappa shape index (κ2) is 10.0. The third-order valence-corrected chi connectivity index (χ3v) is 6.24. The van der Waals surface area contributed by atoms with E-state index in [9.17, 15) is 4.79 Å². The molecule has 9 nitrogen and oxygen atoms in total. The number of hydrogen-bond donors (Lipinski definition) is 0. The standard InChI is InChI=1S/C23H25N3O6S/c1-28-16-5-6-17(18(11-16)29-2)22-24-25-23(32-22)33-13-21(27)26-8-7-14-9-19(30-3)20(31-4)10-15(14)12-26/h5-6,9-11H,7-8,12-13H2,1-4H3. The number of aromatic nitrogens is 2. The maximum Gasteiger partial charge on any atom is 0.277 e. The number of carbonyl (C=O) groups is 1. The number of thioether (sulfide) groups is 1. The molecule has 33 heavy (non-hydrogen) atoms. The number of hydrogen-bond acceptors (Lipinski definition) is 9. The zero-order valence-electron chi connectivity index (χ0n) is 18.9. The predicted molar refractivity (Wildman–Crippen MR) is 122 cm³/mol. The van der Waals surface area contributed by atoms with Crippen LogP contribution in [0, 0.1) is 0 Å². The van der Waals surface area contributed by atoms with E-state index in [-0.39, 0.29) is 11.7 Å². The molecule has 3 aromatic rings. The maximum atomic E-state index is 12.8. The Morgan fingerprint density at radius 3 is 2.39 bits per heavy atom. The molecule has 1 aliphatic heterocycles. The summed E-state index contributed by atoms with van der Waals surface area (Å²) in [5, 5.41) is 8.48. The summed E-state index contributed by atoms with van der Waals surface area (Å²) in [6.45, 7) is 1.16. The molecule has 4 rings (SSSR count). The Hall–Kier alpha value is -3.40. The summed E-state index contributed by atoms with van der Waals surface area (Å²) in [5.74, 6) is 3.10. The van der Waals surface area contributed by atoms with Gasteiger partial charge in [-0.25, -0.2) is 0 Å². The fourth-order valence-corrected chi connectivity index (χ4v) is 4.33. The highest BCUT2D eigenvalue weighted by atomic mass is 32.2. The molecule has 2 aromatic carbocycles. The fraction of sp³-hybridized carbons (Fsp3) is 0.348. The third kappa shape index (κ3) is 4.85. The molecule has 1 amide bonds. The minimum atomic E-state index is 0.00205. The molecule has 0 saturated carbocycles. The second-order valence-corrected chi connectivity index (χ2v) is 8.20. The van der Waals surface area contributed by atoms with Gasteiger partial charge in [0.15, 0.2) is 11.5 Å². The zero-order chi connectivity index (χ0) is 23.4. The van der Waals surface area contributed by atoms with Crippen LogP contribution in [0.3, 0.4) is 0 Å².